The van der Waals surface area contributed by atoms with Crippen LogP contribution in [0, 0.1) is 5.92 Å². The predicted molar refractivity (Wildman–Crippen MR) is 97.0 cm³/mol. The van der Waals surface area contributed by atoms with Crippen molar-refractivity contribution in [1.29, 1.82) is 0 Å². The summed E-state index contributed by atoms with van der Waals surface area (Å²) in [4.78, 5) is 11.5. The number of carboxylic acids is 1. The van der Waals surface area contributed by atoms with Gasteiger partial charge in [0.25, 0.3) is 0 Å². The molecular weight excluding hydrogens is 372 g/mol. The van der Waals surface area contributed by atoms with Crippen LogP contribution in [0.4, 0.5) is 0 Å². The number of hydrogen-bond donors (Lipinski definition) is 6. The zero-order valence-corrected chi connectivity index (χ0v) is 15.7. The quantitative estimate of drug-likeness (QED) is 0.327. The number of aromatic hydroxyl groups is 1. The average Bonchev–Trinajstić information content (AvgIpc) is 2.63. The highest BCUT2D eigenvalue weighted by molar-refractivity contribution is 5.92. The highest BCUT2D eigenvalue weighted by Gasteiger charge is 2.45. The van der Waals surface area contributed by atoms with Gasteiger partial charge in [0, 0.05) is 6.07 Å². The number of aliphatic hydroxyl groups is 4. The van der Waals surface area contributed by atoms with Crippen molar-refractivity contribution in [3.05, 3.63) is 23.3 Å². The molecule has 0 amide bonds. The zero-order chi connectivity index (χ0) is 20.8. The van der Waals surface area contributed by atoms with Crippen LogP contribution in [0.15, 0.2) is 12.1 Å². The molecule has 1 aliphatic heterocycles. The number of aryl methyl sites for hydroxylation is 1. The third-order valence-corrected chi connectivity index (χ3v) is 4.85. The van der Waals surface area contributed by atoms with E-state index >= 15 is 0 Å². The van der Waals surface area contributed by atoms with Crippen LogP contribution in [-0.4, -0.2) is 68.0 Å². The number of aliphatic hydroxyl groups excluding tert-OH is 4. The first kappa shape index (κ1) is 22.4. The van der Waals surface area contributed by atoms with Crippen molar-refractivity contribution in [3.63, 3.8) is 0 Å². The van der Waals surface area contributed by atoms with E-state index in [1.807, 2.05) is 0 Å². The maximum absolute atomic E-state index is 11.5. The SMILES string of the molecule is CCCCCCc1cc(OC2O[C@H](O)[C@@H](O)[C@H](O)[C@H]2CO)cc(O)c1C(=O)O. The Morgan fingerprint density at radius 2 is 1.86 bits per heavy atom. The lowest BCUT2D eigenvalue weighted by Crippen LogP contribution is -2.57. The monoisotopic (exact) mass is 400 g/mol. The number of benzene rings is 1. The first-order valence-corrected chi connectivity index (χ1v) is 9.36. The summed E-state index contributed by atoms with van der Waals surface area (Å²) in [6.45, 7) is 1.48. The Bertz CT molecular complexity index is 663. The van der Waals surface area contributed by atoms with Gasteiger partial charge in [0.15, 0.2) is 6.29 Å². The number of ether oxygens (including phenoxy) is 2. The van der Waals surface area contributed by atoms with E-state index in [0.29, 0.717) is 12.0 Å². The van der Waals surface area contributed by atoms with Gasteiger partial charge in [-0.05, 0) is 24.5 Å². The molecule has 0 spiro atoms. The fourth-order valence-electron chi connectivity index (χ4n) is 3.26. The molecule has 0 aliphatic carbocycles. The maximum Gasteiger partial charge on any atom is 0.339 e. The Balaban J connectivity index is 2.24. The molecule has 1 saturated heterocycles. The minimum Gasteiger partial charge on any atom is -0.507 e. The third kappa shape index (κ3) is 5.12. The van der Waals surface area contributed by atoms with Crippen LogP contribution < -0.4 is 4.74 Å². The Morgan fingerprint density at radius 3 is 2.46 bits per heavy atom. The zero-order valence-electron chi connectivity index (χ0n) is 15.7. The van der Waals surface area contributed by atoms with Gasteiger partial charge in [-0.15, -0.1) is 0 Å². The molecule has 0 bridgehead atoms. The number of carbonyl (C=O) groups is 1. The van der Waals surface area contributed by atoms with Gasteiger partial charge in [-0.1, -0.05) is 26.2 Å². The lowest BCUT2D eigenvalue weighted by molar-refractivity contribution is -0.312. The number of unbranched alkanes of at least 4 members (excludes halogenated alkanes) is 3. The molecule has 1 heterocycles. The largest absolute Gasteiger partial charge is 0.507 e. The molecule has 9 heteroatoms. The molecular formula is C19H28O9. The Morgan fingerprint density at radius 1 is 1.14 bits per heavy atom. The van der Waals surface area contributed by atoms with Gasteiger partial charge >= 0.3 is 5.97 Å². The third-order valence-electron chi connectivity index (χ3n) is 4.85. The van der Waals surface area contributed by atoms with Gasteiger partial charge in [0.1, 0.15) is 23.2 Å². The summed E-state index contributed by atoms with van der Waals surface area (Å²) in [6.07, 6.45) is -2.01. The van der Waals surface area contributed by atoms with Gasteiger partial charge in [0.2, 0.25) is 6.29 Å². The normalized spacial score (nSPS) is 27.5. The number of carboxylic acid groups (broad SMARTS) is 1. The molecule has 2 rings (SSSR count). The van der Waals surface area contributed by atoms with E-state index in [-0.39, 0.29) is 11.3 Å². The number of rotatable bonds is 9. The molecule has 9 nitrogen and oxygen atoms in total. The molecule has 1 fully saturated rings. The lowest BCUT2D eigenvalue weighted by Gasteiger charge is -2.39. The van der Waals surface area contributed by atoms with Crippen LogP contribution in [0.3, 0.4) is 0 Å². The molecule has 5 atom stereocenters. The summed E-state index contributed by atoms with van der Waals surface area (Å²) in [5.41, 5.74) is 0.179. The van der Waals surface area contributed by atoms with Gasteiger partial charge in [-0.3, -0.25) is 0 Å². The lowest BCUT2D eigenvalue weighted by atomic mass is 9.94. The van der Waals surface area contributed by atoms with Crippen molar-refractivity contribution in [2.45, 2.75) is 63.8 Å². The highest BCUT2D eigenvalue weighted by Crippen LogP contribution is 2.33. The molecule has 28 heavy (non-hydrogen) atoms. The predicted octanol–water partition coefficient (Wildman–Crippen LogP) is 0.597. The fraction of sp³-hybridized carbons (Fsp3) is 0.632. The second-order valence-electron chi connectivity index (χ2n) is 6.93. The average molecular weight is 400 g/mol. The van der Waals surface area contributed by atoms with Crippen LogP contribution in [0.5, 0.6) is 11.5 Å². The summed E-state index contributed by atoms with van der Waals surface area (Å²) in [6, 6.07) is 2.55. The summed E-state index contributed by atoms with van der Waals surface area (Å²) in [5.74, 6) is -2.72. The summed E-state index contributed by atoms with van der Waals surface area (Å²) < 4.78 is 10.7. The van der Waals surface area contributed by atoms with Crippen molar-refractivity contribution in [2.24, 2.45) is 5.92 Å². The molecule has 1 aromatic carbocycles. The maximum atomic E-state index is 11.5. The molecule has 1 unspecified atom stereocenters. The Kier molecular flexibility index (Phi) is 8.02. The molecule has 0 aromatic heterocycles. The smallest absolute Gasteiger partial charge is 0.339 e. The van der Waals surface area contributed by atoms with Crippen molar-refractivity contribution in [3.8, 4) is 11.5 Å². The van der Waals surface area contributed by atoms with E-state index in [1.54, 1.807) is 0 Å². The summed E-state index contributed by atoms with van der Waals surface area (Å²) >= 11 is 0. The van der Waals surface area contributed by atoms with Gasteiger partial charge in [0.05, 0.1) is 18.6 Å². The minimum absolute atomic E-state index is 0.0623. The summed E-state index contributed by atoms with van der Waals surface area (Å²) in [5, 5.41) is 58.3. The minimum atomic E-state index is -1.72. The van der Waals surface area contributed by atoms with Crippen LogP contribution in [0.1, 0.15) is 48.5 Å². The van der Waals surface area contributed by atoms with Gasteiger partial charge in [-0.2, -0.15) is 0 Å². The topological polar surface area (TPSA) is 157 Å². The van der Waals surface area contributed by atoms with E-state index in [2.05, 4.69) is 6.92 Å². The standard InChI is InChI=1S/C19H28O9/c1-2-3-4-5-6-10-7-11(8-13(21)14(10)17(24)25)27-19-12(9-20)15(22)16(23)18(26)28-19/h7-8,12,15-16,18-23,26H,2-6,9H2,1H3,(H,24,25)/t12-,15-,16+,18+,19?/m1/s1. The van der Waals surface area contributed by atoms with Crippen LogP contribution in [-0.2, 0) is 11.2 Å². The first-order valence-electron chi connectivity index (χ1n) is 9.36. The highest BCUT2D eigenvalue weighted by atomic mass is 16.7. The van der Waals surface area contributed by atoms with Crippen molar-refractivity contribution >= 4 is 5.97 Å². The van der Waals surface area contributed by atoms with Crippen LogP contribution in [0.25, 0.3) is 0 Å². The molecule has 6 N–H and O–H groups in total. The van der Waals surface area contributed by atoms with E-state index in [9.17, 15) is 35.4 Å². The van der Waals surface area contributed by atoms with Crippen molar-refractivity contribution < 1.29 is 44.9 Å². The van der Waals surface area contributed by atoms with Gasteiger partial charge < -0.3 is 40.1 Å². The number of aromatic carboxylic acids is 1. The summed E-state index contributed by atoms with van der Waals surface area (Å²) in [7, 11) is 0. The van der Waals surface area contributed by atoms with E-state index in [4.69, 9.17) is 9.47 Å². The second kappa shape index (κ2) is 10.0. The van der Waals surface area contributed by atoms with Crippen molar-refractivity contribution in [1.82, 2.24) is 0 Å². The van der Waals surface area contributed by atoms with Crippen LogP contribution in [0.2, 0.25) is 0 Å². The van der Waals surface area contributed by atoms with Crippen LogP contribution >= 0.6 is 0 Å². The van der Waals surface area contributed by atoms with Gasteiger partial charge in [-0.25, -0.2) is 4.79 Å². The molecule has 0 radical (unpaired) electrons. The first-order chi connectivity index (χ1) is 13.3. The molecule has 1 aliphatic rings. The number of hydrogen-bond acceptors (Lipinski definition) is 8. The second-order valence-corrected chi connectivity index (χ2v) is 6.93. The Hall–Kier alpha value is -1.91. The fourth-order valence-corrected chi connectivity index (χ4v) is 3.26. The Labute approximate surface area is 162 Å². The van der Waals surface area contributed by atoms with E-state index < -0.39 is 49.0 Å². The molecule has 0 saturated carbocycles. The molecule has 1 aromatic rings. The van der Waals surface area contributed by atoms with Crippen molar-refractivity contribution in [2.75, 3.05) is 6.61 Å². The number of phenols is 1. The van der Waals surface area contributed by atoms with E-state index in [1.165, 1.54) is 6.07 Å². The molecule has 158 valence electrons. The van der Waals surface area contributed by atoms with E-state index in [0.717, 1.165) is 31.7 Å².